The lowest BCUT2D eigenvalue weighted by Crippen LogP contribution is -2.36. The van der Waals surface area contributed by atoms with Crippen LogP contribution in [-0.4, -0.2) is 97.9 Å². The van der Waals surface area contributed by atoms with E-state index in [1.807, 2.05) is 0 Å². The van der Waals surface area contributed by atoms with Crippen LogP contribution in [0.5, 0.6) is 0 Å². The number of aliphatic hydroxyl groups is 2. The number of ether oxygens (including phenoxy) is 2. The lowest BCUT2D eigenvalue weighted by molar-refractivity contribution is 0.00403. The molecule has 0 aliphatic carbocycles. The second-order valence-electron chi connectivity index (χ2n) is 9.18. The first-order chi connectivity index (χ1) is 15.6. The number of unbranched alkanes of at least 4 members (excludes halogenated alkanes) is 5. The number of rotatable bonds is 25. The lowest BCUT2D eigenvalue weighted by atomic mass is 10.2. The molecule has 0 fully saturated rings. The predicted octanol–water partition coefficient (Wildman–Crippen LogP) is 4.33. The van der Waals surface area contributed by atoms with Crippen LogP contribution in [0.3, 0.4) is 0 Å². The summed E-state index contributed by atoms with van der Waals surface area (Å²) in [5.74, 6) is 0. The maximum absolute atomic E-state index is 10.3. The number of nitrogens with zero attached hydrogens (tertiary/aromatic N) is 2. The van der Waals surface area contributed by atoms with E-state index in [4.69, 9.17) is 9.47 Å². The molecule has 2 N–H and O–H groups in total. The Bertz CT molecular complexity index is 324. The fraction of sp³-hybridized carbons (Fsp3) is 1.00. The van der Waals surface area contributed by atoms with Crippen molar-refractivity contribution in [3.63, 3.8) is 0 Å². The Labute approximate surface area is 199 Å². The van der Waals surface area contributed by atoms with Gasteiger partial charge in [0.25, 0.3) is 0 Å². The molecular formula is C26H56N2O4. The van der Waals surface area contributed by atoms with E-state index in [2.05, 4.69) is 37.5 Å². The fourth-order valence-corrected chi connectivity index (χ4v) is 3.66. The van der Waals surface area contributed by atoms with Gasteiger partial charge in [0.15, 0.2) is 0 Å². The van der Waals surface area contributed by atoms with Gasteiger partial charge in [0.1, 0.15) is 0 Å². The van der Waals surface area contributed by atoms with Crippen molar-refractivity contribution in [2.75, 3.05) is 65.7 Å². The average Bonchev–Trinajstić information content (AvgIpc) is 2.79. The van der Waals surface area contributed by atoms with Crippen molar-refractivity contribution in [3.8, 4) is 0 Å². The monoisotopic (exact) mass is 460 g/mol. The van der Waals surface area contributed by atoms with E-state index in [0.29, 0.717) is 39.5 Å². The maximum atomic E-state index is 10.3. The molecule has 0 saturated carbocycles. The molecule has 2 unspecified atom stereocenters. The molecule has 0 aliphatic heterocycles. The summed E-state index contributed by atoms with van der Waals surface area (Å²) >= 11 is 0. The highest BCUT2D eigenvalue weighted by Gasteiger charge is 2.12. The van der Waals surface area contributed by atoms with Gasteiger partial charge >= 0.3 is 0 Å². The summed E-state index contributed by atoms with van der Waals surface area (Å²) in [4.78, 5) is 4.73. The highest BCUT2D eigenvalue weighted by atomic mass is 16.5. The molecule has 0 bridgehead atoms. The topological polar surface area (TPSA) is 65.4 Å². The number of hydrogen-bond donors (Lipinski definition) is 2. The van der Waals surface area contributed by atoms with Gasteiger partial charge in [-0.15, -0.1) is 0 Å². The maximum Gasteiger partial charge on any atom is 0.0900 e. The predicted molar refractivity (Wildman–Crippen MR) is 135 cm³/mol. The summed E-state index contributed by atoms with van der Waals surface area (Å²) in [6.07, 6.45) is 10.5. The van der Waals surface area contributed by atoms with Crippen LogP contribution in [0.15, 0.2) is 0 Å². The van der Waals surface area contributed by atoms with Crippen molar-refractivity contribution in [1.82, 2.24) is 9.80 Å². The third-order valence-corrected chi connectivity index (χ3v) is 5.70. The molecule has 0 aromatic rings. The van der Waals surface area contributed by atoms with Gasteiger partial charge in [0, 0.05) is 26.3 Å². The summed E-state index contributed by atoms with van der Waals surface area (Å²) in [5, 5.41) is 20.6. The van der Waals surface area contributed by atoms with E-state index < -0.39 is 12.2 Å². The zero-order valence-corrected chi connectivity index (χ0v) is 21.9. The molecule has 0 amide bonds. The molecule has 0 rings (SSSR count). The van der Waals surface area contributed by atoms with Crippen LogP contribution in [0.4, 0.5) is 0 Å². The van der Waals surface area contributed by atoms with Gasteiger partial charge in [-0.05, 0) is 64.7 Å². The van der Waals surface area contributed by atoms with Crippen LogP contribution < -0.4 is 0 Å². The molecule has 0 aromatic carbocycles. The largest absolute Gasteiger partial charge is 0.389 e. The van der Waals surface area contributed by atoms with Crippen LogP contribution in [0, 0.1) is 0 Å². The number of hydrogen-bond acceptors (Lipinski definition) is 6. The fourth-order valence-electron chi connectivity index (χ4n) is 3.66. The van der Waals surface area contributed by atoms with Gasteiger partial charge in [-0.2, -0.15) is 0 Å². The van der Waals surface area contributed by atoms with Crippen LogP contribution in [0.25, 0.3) is 0 Å². The van der Waals surface area contributed by atoms with Crippen molar-refractivity contribution in [2.45, 2.75) is 104 Å². The van der Waals surface area contributed by atoms with Gasteiger partial charge in [0.05, 0.1) is 25.4 Å². The van der Waals surface area contributed by atoms with Crippen molar-refractivity contribution >= 4 is 0 Å². The van der Waals surface area contributed by atoms with E-state index in [0.717, 1.165) is 39.0 Å². The number of aliphatic hydroxyl groups excluding tert-OH is 2. The van der Waals surface area contributed by atoms with Gasteiger partial charge < -0.3 is 29.5 Å². The van der Waals surface area contributed by atoms with Crippen LogP contribution in [-0.2, 0) is 9.47 Å². The SMILES string of the molecule is CCCCN(CCCC)CC(O)COCCCCOCC(O)CN(CCCC)CCCC. The molecular weight excluding hydrogens is 404 g/mol. The summed E-state index contributed by atoms with van der Waals surface area (Å²) in [7, 11) is 0. The highest BCUT2D eigenvalue weighted by molar-refractivity contribution is 4.66. The Kier molecular flexibility index (Phi) is 23.7. The van der Waals surface area contributed by atoms with E-state index in [1.165, 1.54) is 51.4 Å². The Morgan fingerprint density at radius 1 is 0.531 bits per heavy atom. The molecule has 0 aromatic heterocycles. The van der Waals surface area contributed by atoms with Gasteiger partial charge in [-0.1, -0.05) is 53.4 Å². The van der Waals surface area contributed by atoms with E-state index in [1.54, 1.807) is 0 Å². The highest BCUT2D eigenvalue weighted by Crippen LogP contribution is 2.04. The quantitative estimate of drug-likeness (QED) is 0.198. The Morgan fingerprint density at radius 2 is 0.844 bits per heavy atom. The van der Waals surface area contributed by atoms with Crippen molar-refractivity contribution < 1.29 is 19.7 Å². The minimum atomic E-state index is -0.418. The molecule has 6 nitrogen and oxygen atoms in total. The van der Waals surface area contributed by atoms with Crippen LogP contribution in [0.1, 0.15) is 91.9 Å². The second kappa shape index (κ2) is 23.9. The summed E-state index contributed by atoms with van der Waals surface area (Å²) in [6.45, 7) is 16.6. The van der Waals surface area contributed by atoms with E-state index in [9.17, 15) is 10.2 Å². The molecule has 0 saturated heterocycles. The Hall–Kier alpha value is -0.240. The zero-order valence-electron chi connectivity index (χ0n) is 21.9. The van der Waals surface area contributed by atoms with Crippen LogP contribution >= 0.6 is 0 Å². The van der Waals surface area contributed by atoms with Gasteiger partial charge in [-0.25, -0.2) is 0 Å². The van der Waals surface area contributed by atoms with Crippen molar-refractivity contribution in [3.05, 3.63) is 0 Å². The normalized spacial score (nSPS) is 13.9. The smallest absolute Gasteiger partial charge is 0.0900 e. The third kappa shape index (κ3) is 20.4. The molecule has 32 heavy (non-hydrogen) atoms. The first-order valence-corrected chi connectivity index (χ1v) is 13.5. The van der Waals surface area contributed by atoms with Crippen molar-refractivity contribution in [2.24, 2.45) is 0 Å². The standard InChI is InChI=1S/C26H56N2O4/c1-5-9-15-27(16-10-6-2)21-25(29)23-31-19-13-14-20-32-24-26(30)22-28(17-11-7-3)18-12-8-4/h25-26,29-30H,5-24H2,1-4H3. The average molecular weight is 461 g/mol. The third-order valence-electron chi connectivity index (χ3n) is 5.70. The molecule has 6 heteroatoms. The van der Waals surface area contributed by atoms with E-state index >= 15 is 0 Å². The molecule has 0 aliphatic rings. The zero-order chi connectivity index (χ0) is 23.9. The Balaban J connectivity index is 3.77. The van der Waals surface area contributed by atoms with Gasteiger partial charge in [0.2, 0.25) is 0 Å². The Morgan fingerprint density at radius 3 is 1.12 bits per heavy atom. The van der Waals surface area contributed by atoms with Gasteiger partial charge in [-0.3, -0.25) is 0 Å². The van der Waals surface area contributed by atoms with Crippen molar-refractivity contribution in [1.29, 1.82) is 0 Å². The first-order valence-electron chi connectivity index (χ1n) is 13.5. The summed E-state index contributed by atoms with van der Waals surface area (Å²) < 4.78 is 11.3. The minimum absolute atomic E-state index is 0.402. The molecule has 0 radical (unpaired) electrons. The molecule has 0 spiro atoms. The van der Waals surface area contributed by atoms with E-state index in [-0.39, 0.29) is 0 Å². The molecule has 0 heterocycles. The summed E-state index contributed by atoms with van der Waals surface area (Å²) in [5.41, 5.74) is 0. The minimum Gasteiger partial charge on any atom is -0.389 e. The first kappa shape index (κ1) is 31.8. The van der Waals surface area contributed by atoms with Crippen LogP contribution in [0.2, 0.25) is 0 Å². The molecule has 2 atom stereocenters. The molecule has 194 valence electrons. The lowest BCUT2D eigenvalue weighted by Gasteiger charge is -2.25. The second-order valence-corrected chi connectivity index (χ2v) is 9.18. The summed E-state index contributed by atoms with van der Waals surface area (Å²) in [6, 6.07) is 0.